The molecule has 2 atom stereocenters. The number of carbonyl (C=O) groups excluding carboxylic acids is 1. The number of hydrogen-bond donors (Lipinski definition) is 1. The van der Waals surface area contributed by atoms with Gasteiger partial charge in [-0.05, 0) is 30.0 Å². The second-order valence-corrected chi connectivity index (χ2v) is 7.90. The molecule has 1 N–H and O–H groups in total. The number of carbonyl (C=O) groups is 1. The third kappa shape index (κ3) is 3.87. The van der Waals surface area contributed by atoms with E-state index in [1.54, 1.807) is 5.38 Å². The standard InChI is InChI=1S/C19H19F3N2O2S/c20-19(21,22)15-4-2-1-3-14(15)17(25)24-18-23-16(10-27-18)11-5-6-12-8-26-9-13(12)7-11/h5-7,10,14-15H,1-4,8-9H2,(H,23,24,25). The van der Waals surface area contributed by atoms with E-state index >= 15 is 0 Å². The van der Waals surface area contributed by atoms with Crippen LogP contribution in [-0.4, -0.2) is 17.1 Å². The van der Waals surface area contributed by atoms with Crippen molar-refractivity contribution in [2.75, 3.05) is 5.32 Å². The Labute approximate surface area is 158 Å². The van der Waals surface area contributed by atoms with Crippen molar-refractivity contribution < 1.29 is 22.7 Å². The molecular formula is C19H19F3N2O2S. The van der Waals surface area contributed by atoms with Crippen LogP contribution in [0.25, 0.3) is 11.3 Å². The van der Waals surface area contributed by atoms with E-state index in [4.69, 9.17) is 4.74 Å². The van der Waals surface area contributed by atoms with Crippen LogP contribution in [0.3, 0.4) is 0 Å². The zero-order chi connectivity index (χ0) is 19.0. The summed E-state index contributed by atoms with van der Waals surface area (Å²) in [6.07, 6.45) is -2.91. The summed E-state index contributed by atoms with van der Waals surface area (Å²) in [7, 11) is 0. The van der Waals surface area contributed by atoms with E-state index in [0.717, 1.165) is 16.7 Å². The maximum absolute atomic E-state index is 13.2. The molecule has 2 aromatic rings. The number of nitrogens with zero attached hydrogens (tertiary/aromatic N) is 1. The molecule has 144 valence electrons. The molecule has 1 amide bonds. The molecule has 2 heterocycles. The quantitative estimate of drug-likeness (QED) is 0.781. The maximum atomic E-state index is 13.2. The minimum Gasteiger partial charge on any atom is -0.372 e. The number of anilines is 1. The lowest BCUT2D eigenvalue weighted by Gasteiger charge is -2.31. The summed E-state index contributed by atoms with van der Waals surface area (Å²) in [6, 6.07) is 5.93. The van der Waals surface area contributed by atoms with Gasteiger partial charge in [-0.15, -0.1) is 11.3 Å². The molecular weight excluding hydrogens is 377 g/mol. The molecule has 1 aromatic carbocycles. The smallest absolute Gasteiger partial charge is 0.372 e. The van der Waals surface area contributed by atoms with Crippen molar-refractivity contribution in [3.63, 3.8) is 0 Å². The summed E-state index contributed by atoms with van der Waals surface area (Å²) in [5.74, 6) is -3.19. The average Bonchev–Trinajstić information content (AvgIpc) is 3.29. The Morgan fingerprint density at radius 3 is 2.78 bits per heavy atom. The molecule has 4 nitrogen and oxygen atoms in total. The first-order valence-corrected chi connectivity index (χ1v) is 9.83. The number of thiazole rings is 1. The molecule has 1 aliphatic carbocycles. The van der Waals surface area contributed by atoms with Gasteiger partial charge in [-0.3, -0.25) is 4.79 Å². The Hall–Kier alpha value is -1.93. The van der Waals surface area contributed by atoms with E-state index in [9.17, 15) is 18.0 Å². The number of benzene rings is 1. The van der Waals surface area contributed by atoms with Crippen LogP contribution in [0.15, 0.2) is 23.6 Å². The van der Waals surface area contributed by atoms with Gasteiger partial charge in [0.2, 0.25) is 5.91 Å². The van der Waals surface area contributed by atoms with Crippen LogP contribution in [0, 0.1) is 11.8 Å². The van der Waals surface area contributed by atoms with Crippen LogP contribution in [-0.2, 0) is 22.7 Å². The number of fused-ring (bicyclic) bond motifs is 1. The third-order valence-electron chi connectivity index (χ3n) is 5.27. The number of amides is 1. The number of nitrogens with one attached hydrogen (secondary N) is 1. The predicted octanol–water partition coefficient (Wildman–Crippen LogP) is 5.15. The van der Waals surface area contributed by atoms with E-state index < -0.39 is 23.9 Å². The molecule has 0 radical (unpaired) electrons. The number of ether oxygens (including phenoxy) is 1. The highest BCUT2D eigenvalue weighted by atomic mass is 32.1. The first-order chi connectivity index (χ1) is 12.9. The zero-order valence-electron chi connectivity index (χ0n) is 14.5. The van der Waals surface area contributed by atoms with Gasteiger partial charge in [0.1, 0.15) is 0 Å². The highest BCUT2D eigenvalue weighted by molar-refractivity contribution is 7.14. The lowest BCUT2D eigenvalue weighted by molar-refractivity contribution is -0.197. The van der Waals surface area contributed by atoms with Crippen molar-refractivity contribution in [1.29, 1.82) is 0 Å². The third-order valence-corrected chi connectivity index (χ3v) is 6.03. The topological polar surface area (TPSA) is 51.2 Å². The van der Waals surface area contributed by atoms with Gasteiger partial charge in [0.25, 0.3) is 0 Å². The molecule has 27 heavy (non-hydrogen) atoms. The van der Waals surface area contributed by atoms with Gasteiger partial charge < -0.3 is 10.1 Å². The van der Waals surface area contributed by atoms with Crippen LogP contribution in [0.2, 0.25) is 0 Å². The van der Waals surface area contributed by atoms with Gasteiger partial charge in [0.05, 0.1) is 24.8 Å². The van der Waals surface area contributed by atoms with Crippen molar-refractivity contribution in [2.24, 2.45) is 11.8 Å². The SMILES string of the molecule is O=C(Nc1nc(-c2ccc3c(c2)COC3)cs1)C1CCCCC1C(F)(F)F. The summed E-state index contributed by atoms with van der Waals surface area (Å²) >= 11 is 1.22. The van der Waals surface area contributed by atoms with E-state index in [1.165, 1.54) is 11.3 Å². The number of alkyl halides is 3. The first-order valence-electron chi connectivity index (χ1n) is 8.95. The van der Waals surface area contributed by atoms with Crippen LogP contribution in [0.1, 0.15) is 36.8 Å². The van der Waals surface area contributed by atoms with E-state index in [0.29, 0.717) is 36.9 Å². The fourth-order valence-electron chi connectivity index (χ4n) is 3.83. The second-order valence-electron chi connectivity index (χ2n) is 7.04. The zero-order valence-corrected chi connectivity index (χ0v) is 15.3. The molecule has 1 aromatic heterocycles. The van der Waals surface area contributed by atoms with Crippen molar-refractivity contribution in [3.8, 4) is 11.3 Å². The fourth-order valence-corrected chi connectivity index (χ4v) is 4.55. The Morgan fingerprint density at radius 2 is 1.96 bits per heavy atom. The van der Waals surface area contributed by atoms with Crippen LogP contribution in [0.4, 0.5) is 18.3 Å². The summed E-state index contributed by atoms with van der Waals surface area (Å²) in [4.78, 5) is 16.9. The van der Waals surface area contributed by atoms with Crippen molar-refractivity contribution >= 4 is 22.4 Å². The molecule has 0 saturated heterocycles. The minimum absolute atomic E-state index is 0.0158. The lowest BCUT2D eigenvalue weighted by Crippen LogP contribution is -2.39. The van der Waals surface area contributed by atoms with Crippen LogP contribution in [0.5, 0.6) is 0 Å². The highest BCUT2D eigenvalue weighted by Gasteiger charge is 2.48. The first kappa shape index (κ1) is 18.4. The second kappa shape index (κ2) is 7.24. The Kier molecular flexibility index (Phi) is 4.94. The number of rotatable bonds is 3. The number of halogens is 3. The van der Waals surface area contributed by atoms with Crippen molar-refractivity contribution in [1.82, 2.24) is 4.98 Å². The summed E-state index contributed by atoms with van der Waals surface area (Å²) in [5, 5.41) is 4.73. The Bertz CT molecular complexity index is 850. The molecule has 0 spiro atoms. The Balaban J connectivity index is 1.48. The molecule has 4 rings (SSSR count). The summed E-state index contributed by atoms with van der Waals surface area (Å²) in [6.45, 7) is 1.17. The summed E-state index contributed by atoms with van der Waals surface area (Å²) < 4.78 is 45.1. The Morgan fingerprint density at radius 1 is 1.19 bits per heavy atom. The van der Waals surface area contributed by atoms with Gasteiger partial charge in [-0.1, -0.05) is 25.0 Å². The summed E-state index contributed by atoms with van der Waals surface area (Å²) in [5.41, 5.74) is 3.86. The molecule has 1 saturated carbocycles. The van der Waals surface area contributed by atoms with Crippen LogP contribution >= 0.6 is 11.3 Å². The van der Waals surface area contributed by atoms with Gasteiger partial charge in [-0.25, -0.2) is 4.98 Å². The van der Waals surface area contributed by atoms with Gasteiger partial charge >= 0.3 is 6.18 Å². The number of hydrogen-bond acceptors (Lipinski definition) is 4. The maximum Gasteiger partial charge on any atom is 0.392 e. The lowest BCUT2D eigenvalue weighted by atomic mass is 9.78. The largest absolute Gasteiger partial charge is 0.392 e. The predicted molar refractivity (Wildman–Crippen MR) is 96.2 cm³/mol. The van der Waals surface area contributed by atoms with Crippen molar-refractivity contribution in [3.05, 3.63) is 34.7 Å². The molecule has 0 bridgehead atoms. The molecule has 1 fully saturated rings. The normalized spacial score (nSPS) is 22.5. The van der Waals surface area contributed by atoms with E-state index in [1.807, 2.05) is 18.2 Å². The van der Waals surface area contributed by atoms with Crippen molar-refractivity contribution in [2.45, 2.75) is 45.1 Å². The van der Waals surface area contributed by atoms with Gasteiger partial charge in [0.15, 0.2) is 5.13 Å². The van der Waals surface area contributed by atoms with Crippen LogP contribution < -0.4 is 5.32 Å². The molecule has 2 unspecified atom stereocenters. The van der Waals surface area contributed by atoms with Gasteiger partial charge in [0, 0.05) is 16.9 Å². The van der Waals surface area contributed by atoms with E-state index in [2.05, 4.69) is 10.3 Å². The monoisotopic (exact) mass is 396 g/mol. The van der Waals surface area contributed by atoms with Gasteiger partial charge in [-0.2, -0.15) is 13.2 Å². The fraction of sp³-hybridized carbons (Fsp3) is 0.474. The minimum atomic E-state index is -4.34. The average molecular weight is 396 g/mol. The highest BCUT2D eigenvalue weighted by Crippen LogP contribution is 2.42. The molecule has 1 aliphatic heterocycles. The molecule has 2 aliphatic rings. The molecule has 8 heteroatoms. The number of aromatic nitrogens is 1. The van der Waals surface area contributed by atoms with E-state index in [-0.39, 0.29) is 12.8 Å².